The van der Waals surface area contributed by atoms with Crippen molar-refractivity contribution < 1.29 is 9.47 Å². The molecule has 2 atom stereocenters. The zero-order valence-electron chi connectivity index (χ0n) is 11.0. The van der Waals surface area contributed by atoms with Gasteiger partial charge < -0.3 is 14.8 Å². The third-order valence-electron chi connectivity index (χ3n) is 3.49. The quantitative estimate of drug-likeness (QED) is 0.726. The van der Waals surface area contributed by atoms with Gasteiger partial charge in [0.2, 0.25) is 0 Å². The van der Waals surface area contributed by atoms with Gasteiger partial charge in [0, 0.05) is 26.4 Å². The Labute approximate surface area is 99.9 Å². The van der Waals surface area contributed by atoms with Gasteiger partial charge in [0.15, 0.2) is 0 Å². The van der Waals surface area contributed by atoms with Crippen LogP contribution in [0.15, 0.2) is 0 Å². The van der Waals surface area contributed by atoms with E-state index in [1.54, 1.807) is 0 Å². The Morgan fingerprint density at radius 1 is 1.31 bits per heavy atom. The maximum atomic E-state index is 5.66. The summed E-state index contributed by atoms with van der Waals surface area (Å²) in [4.78, 5) is 0. The average molecular weight is 229 g/mol. The number of rotatable bonds is 7. The van der Waals surface area contributed by atoms with Crippen molar-refractivity contribution >= 4 is 0 Å². The van der Waals surface area contributed by atoms with Crippen molar-refractivity contribution in [1.82, 2.24) is 5.32 Å². The second kappa shape index (κ2) is 8.04. The van der Waals surface area contributed by atoms with Gasteiger partial charge in [-0.1, -0.05) is 20.3 Å². The second-order valence-corrected chi connectivity index (χ2v) is 4.60. The van der Waals surface area contributed by atoms with Crippen LogP contribution in [-0.2, 0) is 9.47 Å². The molecule has 0 spiro atoms. The Bertz CT molecular complexity index is 165. The minimum Gasteiger partial charge on any atom is -0.381 e. The van der Waals surface area contributed by atoms with Gasteiger partial charge in [0.05, 0.1) is 6.10 Å². The molecule has 1 saturated heterocycles. The van der Waals surface area contributed by atoms with Crippen LogP contribution >= 0.6 is 0 Å². The molecule has 1 aliphatic heterocycles. The SMILES string of the molecule is CCCC(OC)C(NCC)C1CCOCC1. The minimum absolute atomic E-state index is 0.355. The molecular formula is C13H27NO2. The van der Waals surface area contributed by atoms with Crippen LogP contribution in [0.25, 0.3) is 0 Å². The highest BCUT2D eigenvalue weighted by Crippen LogP contribution is 2.23. The standard InChI is InChI=1S/C13H27NO2/c1-4-6-12(15-3)13(14-5-2)11-7-9-16-10-8-11/h11-14H,4-10H2,1-3H3. The van der Waals surface area contributed by atoms with Gasteiger partial charge >= 0.3 is 0 Å². The Morgan fingerprint density at radius 2 is 2.00 bits per heavy atom. The van der Waals surface area contributed by atoms with Crippen LogP contribution in [-0.4, -0.2) is 39.0 Å². The van der Waals surface area contributed by atoms with Crippen LogP contribution < -0.4 is 5.32 Å². The lowest BCUT2D eigenvalue weighted by atomic mass is 9.86. The molecule has 2 unspecified atom stereocenters. The van der Waals surface area contributed by atoms with Crippen molar-refractivity contribution in [1.29, 1.82) is 0 Å². The van der Waals surface area contributed by atoms with Gasteiger partial charge in [0.1, 0.15) is 0 Å². The predicted octanol–water partition coefficient (Wildman–Crippen LogP) is 2.21. The van der Waals surface area contributed by atoms with E-state index in [1.165, 1.54) is 19.3 Å². The first-order valence-corrected chi connectivity index (χ1v) is 6.67. The number of methoxy groups -OCH3 is 1. The molecule has 0 saturated carbocycles. The number of ether oxygens (including phenoxy) is 2. The number of hydrogen-bond donors (Lipinski definition) is 1. The Balaban J connectivity index is 2.54. The highest BCUT2D eigenvalue weighted by atomic mass is 16.5. The van der Waals surface area contributed by atoms with Crippen molar-refractivity contribution in [3.05, 3.63) is 0 Å². The molecule has 16 heavy (non-hydrogen) atoms. The Kier molecular flexibility index (Phi) is 7.01. The third kappa shape index (κ3) is 4.04. The molecule has 3 nitrogen and oxygen atoms in total. The van der Waals surface area contributed by atoms with E-state index >= 15 is 0 Å². The molecule has 1 N–H and O–H groups in total. The average Bonchev–Trinajstić information content (AvgIpc) is 2.35. The van der Waals surface area contributed by atoms with Crippen molar-refractivity contribution in [3.8, 4) is 0 Å². The van der Waals surface area contributed by atoms with Crippen LogP contribution in [0.5, 0.6) is 0 Å². The lowest BCUT2D eigenvalue weighted by Gasteiger charge is -2.35. The summed E-state index contributed by atoms with van der Waals surface area (Å²) in [6.45, 7) is 7.24. The molecule has 1 fully saturated rings. The van der Waals surface area contributed by atoms with Crippen LogP contribution in [0.3, 0.4) is 0 Å². The van der Waals surface area contributed by atoms with Crippen LogP contribution in [0, 0.1) is 5.92 Å². The summed E-state index contributed by atoms with van der Waals surface area (Å²) in [6, 6.07) is 0.499. The zero-order chi connectivity index (χ0) is 11.8. The maximum Gasteiger partial charge on any atom is 0.0726 e. The fraction of sp³-hybridized carbons (Fsp3) is 1.00. The smallest absolute Gasteiger partial charge is 0.0726 e. The summed E-state index contributed by atoms with van der Waals surface area (Å²) in [5.74, 6) is 0.713. The van der Waals surface area contributed by atoms with Crippen LogP contribution in [0.2, 0.25) is 0 Å². The fourth-order valence-corrected chi connectivity index (χ4v) is 2.64. The van der Waals surface area contributed by atoms with Crippen molar-refractivity contribution in [2.75, 3.05) is 26.9 Å². The molecule has 0 aromatic heterocycles. The van der Waals surface area contributed by atoms with Crippen molar-refractivity contribution in [2.24, 2.45) is 5.92 Å². The number of hydrogen-bond acceptors (Lipinski definition) is 3. The molecule has 0 radical (unpaired) electrons. The molecule has 3 heteroatoms. The monoisotopic (exact) mass is 229 g/mol. The Morgan fingerprint density at radius 3 is 2.50 bits per heavy atom. The Hall–Kier alpha value is -0.120. The molecule has 1 aliphatic rings. The van der Waals surface area contributed by atoms with Gasteiger partial charge in [-0.05, 0) is 31.7 Å². The first kappa shape index (κ1) is 13.9. The van der Waals surface area contributed by atoms with E-state index in [1.807, 2.05) is 7.11 Å². The van der Waals surface area contributed by atoms with Crippen molar-refractivity contribution in [2.45, 2.75) is 51.7 Å². The largest absolute Gasteiger partial charge is 0.381 e. The van der Waals surface area contributed by atoms with Crippen LogP contribution in [0.1, 0.15) is 39.5 Å². The molecule has 0 aromatic rings. The summed E-state index contributed by atoms with van der Waals surface area (Å²) in [5, 5.41) is 3.61. The van der Waals surface area contributed by atoms with E-state index in [2.05, 4.69) is 19.2 Å². The van der Waals surface area contributed by atoms with E-state index in [-0.39, 0.29) is 0 Å². The molecule has 0 aromatic carbocycles. The van der Waals surface area contributed by atoms with Gasteiger partial charge in [0.25, 0.3) is 0 Å². The lowest BCUT2D eigenvalue weighted by molar-refractivity contribution is 0.000560. The summed E-state index contributed by atoms with van der Waals surface area (Å²) >= 11 is 0. The normalized spacial score (nSPS) is 21.9. The summed E-state index contributed by atoms with van der Waals surface area (Å²) in [6.07, 6.45) is 5.02. The van der Waals surface area contributed by atoms with Gasteiger partial charge in [-0.25, -0.2) is 0 Å². The second-order valence-electron chi connectivity index (χ2n) is 4.60. The fourth-order valence-electron chi connectivity index (χ4n) is 2.64. The molecule has 1 heterocycles. The van der Waals surface area contributed by atoms with Gasteiger partial charge in [-0.2, -0.15) is 0 Å². The topological polar surface area (TPSA) is 30.5 Å². The van der Waals surface area contributed by atoms with Gasteiger partial charge in [-0.3, -0.25) is 0 Å². The highest BCUT2D eigenvalue weighted by molar-refractivity contribution is 4.85. The minimum atomic E-state index is 0.355. The number of nitrogens with one attached hydrogen (secondary N) is 1. The first-order chi connectivity index (χ1) is 7.83. The molecule has 0 bridgehead atoms. The molecule has 0 aliphatic carbocycles. The highest BCUT2D eigenvalue weighted by Gasteiger charge is 2.29. The molecule has 1 rings (SSSR count). The van der Waals surface area contributed by atoms with E-state index < -0.39 is 0 Å². The third-order valence-corrected chi connectivity index (χ3v) is 3.49. The van der Waals surface area contributed by atoms with E-state index in [0.717, 1.165) is 26.2 Å². The van der Waals surface area contributed by atoms with Crippen molar-refractivity contribution in [3.63, 3.8) is 0 Å². The van der Waals surface area contributed by atoms with Crippen LogP contribution in [0.4, 0.5) is 0 Å². The summed E-state index contributed by atoms with van der Waals surface area (Å²) in [7, 11) is 1.84. The van der Waals surface area contributed by atoms with Gasteiger partial charge in [-0.15, -0.1) is 0 Å². The zero-order valence-corrected chi connectivity index (χ0v) is 11.0. The molecule has 0 amide bonds. The van der Waals surface area contributed by atoms with E-state index in [9.17, 15) is 0 Å². The molecule has 96 valence electrons. The number of likely N-dealkylation sites (N-methyl/N-ethyl adjacent to an activating group) is 1. The van der Waals surface area contributed by atoms with E-state index in [0.29, 0.717) is 18.1 Å². The molecular weight excluding hydrogens is 202 g/mol. The maximum absolute atomic E-state index is 5.66. The van der Waals surface area contributed by atoms with E-state index in [4.69, 9.17) is 9.47 Å². The summed E-state index contributed by atoms with van der Waals surface area (Å²) < 4.78 is 11.1. The lowest BCUT2D eigenvalue weighted by Crippen LogP contribution is -2.47. The first-order valence-electron chi connectivity index (χ1n) is 6.67. The predicted molar refractivity (Wildman–Crippen MR) is 66.7 cm³/mol. The summed E-state index contributed by atoms with van der Waals surface area (Å²) in [5.41, 5.74) is 0.